The van der Waals surface area contributed by atoms with E-state index in [0.717, 1.165) is 0 Å². The summed E-state index contributed by atoms with van der Waals surface area (Å²) >= 11 is 0. The zero-order valence-corrected chi connectivity index (χ0v) is 13.0. The minimum Gasteiger partial charge on any atom is -0.506 e. The Balaban J connectivity index is 2.53. The first-order valence-electron chi connectivity index (χ1n) is 6.17. The molecule has 2 N–H and O–H groups in total. The Bertz CT molecular complexity index is 781. The molecule has 8 heteroatoms. The van der Waals surface area contributed by atoms with Crippen LogP contribution in [0.25, 0.3) is 0 Å². The van der Waals surface area contributed by atoms with E-state index in [1.54, 1.807) is 33.0 Å². The van der Waals surface area contributed by atoms with E-state index < -0.39 is 10.0 Å². The molecule has 0 aliphatic rings. The van der Waals surface area contributed by atoms with E-state index in [9.17, 15) is 13.5 Å². The first-order valence-corrected chi connectivity index (χ1v) is 7.65. The molecule has 114 valence electrons. The lowest BCUT2D eigenvalue weighted by Crippen LogP contribution is -2.15. The third kappa shape index (κ3) is 2.66. The molecular weight excluding hydrogens is 294 g/mol. The fourth-order valence-corrected chi connectivity index (χ4v) is 3.65. The summed E-state index contributed by atoms with van der Waals surface area (Å²) in [7, 11) is -0.818. The Morgan fingerprint density at radius 2 is 2.00 bits per heavy atom. The van der Waals surface area contributed by atoms with Crippen LogP contribution in [0.2, 0.25) is 0 Å². The molecule has 0 radical (unpaired) electrons. The first kappa shape index (κ1) is 15.2. The van der Waals surface area contributed by atoms with Gasteiger partial charge >= 0.3 is 0 Å². The van der Waals surface area contributed by atoms with Crippen LogP contribution in [0.5, 0.6) is 11.5 Å². The van der Waals surface area contributed by atoms with Gasteiger partial charge in [0.1, 0.15) is 22.1 Å². The summed E-state index contributed by atoms with van der Waals surface area (Å²) in [6.07, 6.45) is 0. The smallest absolute Gasteiger partial charge is 0.265 e. The normalized spacial score (nSPS) is 11.4. The number of phenolic OH excluding ortho intramolecular Hbond substituents is 1. The highest BCUT2D eigenvalue weighted by molar-refractivity contribution is 7.92. The second kappa shape index (κ2) is 5.28. The van der Waals surface area contributed by atoms with Crippen molar-refractivity contribution in [3.63, 3.8) is 0 Å². The van der Waals surface area contributed by atoms with Crippen molar-refractivity contribution in [3.8, 4) is 11.5 Å². The number of anilines is 1. The zero-order chi connectivity index (χ0) is 15.8. The fraction of sp³-hybridized carbons (Fsp3) is 0.308. The van der Waals surface area contributed by atoms with Crippen molar-refractivity contribution in [3.05, 3.63) is 29.6 Å². The van der Waals surface area contributed by atoms with Gasteiger partial charge in [-0.05, 0) is 26.0 Å². The number of hydrogen-bond acceptors (Lipinski definition) is 5. The molecule has 0 aliphatic carbocycles. The third-order valence-corrected chi connectivity index (χ3v) is 4.77. The number of nitrogens with zero attached hydrogens (tertiary/aromatic N) is 2. The Kier molecular flexibility index (Phi) is 3.82. The summed E-state index contributed by atoms with van der Waals surface area (Å²) in [5, 5.41) is 13.9. The maximum Gasteiger partial charge on any atom is 0.265 e. The molecule has 0 bridgehead atoms. The zero-order valence-electron chi connectivity index (χ0n) is 12.2. The van der Waals surface area contributed by atoms with E-state index >= 15 is 0 Å². The van der Waals surface area contributed by atoms with E-state index in [4.69, 9.17) is 4.74 Å². The summed E-state index contributed by atoms with van der Waals surface area (Å²) in [5.41, 5.74) is 0.897. The highest BCUT2D eigenvalue weighted by atomic mass is 32.2. The topological polar surface area (TPSA) is 93.4 Å². The number of benzene rings is 1. The molecule has 0 atom stereocenters. The molecule has 1 heterocycles. The summed E-state index contributed by atoms with van der Waals surface area (Å²) in [5.74, 6) is 0.0230. The number of aryl methyl sites for hydroxylation is 2. The lowest BCUT2D eigenvalue weighted by atomic mass is 10.3. The third-order valence-electron chi connectivity index (χ3n) is 3.17. The van der Waals surface area contributed by atoms with Crippen LogP contribution in [0, 0.1) is 13.8 Å². The van der Waals surface area contributed by atoms with Crippen molar-refractivity contribution in [1.82, 2.24) is 9.78 Å². The van der Waals surface area contributed by atoms with Gasteiger partial charge in [-0.1, -0.05) is 6.07 Å². The van der Waals surface area contributed by atoms with E-state index in [1.807, 2.05) is 0 Å². The highest BCUT2D eigenvalue weighted by Gasteiger charge is 2.26. The van der Waals surface area contributed by atoms with Gasteiger partial charge in [0, 0.05) is 7.05 Å². The molecule has 7 nitrogen and oxygen atoms in total. The predicted molar refractivity (Wildman–Crippen MR) is 78.1 cm³/mol. The summed E-state index contributed by atoms with van der Waals surface area (Å²) in [4.78, 5) is 0.0929. The highest BCUT2D eigenvalue weighted by Crippen LogP contribution is 2.35. The van der Waals surface area contributed by atoms with Crippen LogP contribution in [0.3, 0.4) is 0 Å². The Morgan fingerprint density at radius 3 is 2.52 bits per heavy atom. The van der Waals surface area contributed by atoms with Crippen molar-refractivity contribution >= 4 is 15.7 Å². The van der Waals surface area contributed by atoms with E-state index in [1.165, 1.54) is 17.9 Å². The molecule has 0 aliphatic heterocycles. The molecule has 0 spiro atoms. The van der Waals surface area contributed by atoms with Crippen molar-refractivity contribution in [2.24, 2.45) is 7.05 Å². The van der Waals surface area contributed by atoms with Gasteiger partial charge in [0.05, 0.1) is 18.5 Å². The molecule has 1 aromatic carbocycles. The quantitative estimate of drug-likeness (QED) is 0.836. The van der Waals surface area contributed by atoms with Gasteiger partial charge in [0.25, 0.3) is 10.0 Å². The van der Waals surface area contributed by atoms with Crippen LogP contribution in [0.15, 0.2) is 23.1 Å². The number of aromatic nitrogens is 2. The second-order valence-electron chi connectivity index (χ2n) is 4.58. The minimum atomic E-state index is -3.88. The number of sulfonamides is 1. The lowest BCUT2D eigenvalue weighted by Gasteiger charge is -2.13. The van der Waals surface area contributed by atoms with Crippen LogP contribution in [0.1, 0.15) is 11.4 Å². The van der Waals surface area contributed by atoms with E-state index in [-0.39, 0.29) is 22.1 Å². The van der Waals surface area contributed by atoms with Gasteiger partial charge < -0.3 is 9.84 Å². The molecular formula is C13H17N3O4S. The van der Waals surface area contributed by atoms with Gasteiger partial charge in [-0.15, -0.1) is 0 Å². The van der Waals surface area contributed by atoms with Crippen molar-refractivity contribution in [2.45, 2.75) is 18.7 Å². The van der Waals surface area contributed by atoms with Crippen molar-refractivity contribution < 1.29 is 18.3 Å². The number of aromatic hydroxyl groups is 1. The minimum absolute atomic E-state index is 0.00246. The van der Waals surface area contributed by atoms with Gasteiger partial charge in [0.15, 0.2) is 0 Å². The average molecular weight is 311 g/mol. The van der Waals surface area contributed by atoms with Crippen molar-refractivity contribution in [2.75, 3.05) is 11.8 Å². The van der Waals surface area contributed by atoms with E-state index in [2.05, 4.69) is 9.82 Å². The van der Waals surface area contributed by atoms with Crippen LogP contribution in [0.4, 0.5) is 5.69 Å². The van der Waals surface area contributed by atoms with Crippen molar-refractivity contribution in [1.29, 1.82) is 0 Å². The van der Waals surface area contributed by atoms with Crippen LogP contribution in [-0.2, 0) is 17.1 Å². The maximum absolute atomic E-state index is 12.5. The number of ether oxygens (including phenoxy) is 1. The first-order chi connectivity index (χ1) is 9.77. The maximum atomic E-state index is 12.5. The van der Waals surface area contributed by atoms with Crippen LogP contribution in [-0.4, -0.2) is 30.4 Å². The molecule has 0 saturated carbocycles. The number of hydrogen-bond donors (Lipinski definition) is 2. The van der Waals surface area contributed by atoms with Gasteiger partial charge in [-0.2, -0.15) is 5.10 Å². The number of rotatable bonds is 4. The van der Waals surface area contributed by atoms with Gasteiger partial charge in [-0.25, -0.2) is 8.42 Å². The molecule has 1 aromatic heterocycles. The molecule has 0 fully saturated rings. The Hall–Kier alpha value is -2.22. The summed E-state index contributed by atoms with van der Waals surface area (Å²) < 4.78 is 34.0. The summed E-state index contributed by atoms with van der Waals surface area (Å²) in [6.45, 7) is 3.28. The number of para-hydroxylation sites is 1. The monoisotopic (exact) mass is 311 g/mol. The molecule has 0 saturated heterocycles. The largest absolute Gasteiger partial charge is 0.506 e. The molecule has 0 amide bonds. The standard InChI is InChI=1S/C13H17N3O4S/c1-8-13(9(2)16(3)14-8)21(18,19)15-12-10(17)6-5-7-11(12)20-4/h5-7,15,17H,1-4H3. The Morgan fingerprint density at radius 1 is 1.33 bits per heavy atom. The fourth-order valence-electron chi connectivity index (χ4n) is 2.12. The average Bonchev–Trinajstić information content (AvgIpc) is 2.66. The number of phenols is 1. The lowest BCUT2D eigenvalue weighted by molar-refractivity contribution is 0.411. The van der Waals surface area contributed by atoms with Gasteiger partial charge in [-0.3, -0.25) is 9.40 Å². The number of methoxy groups -OCH3 is 1. The van der Waals surface area contributed by atoms with E-state index in [0.29, 0.717) is 11.4 Å². The summed E-state index contributed by atoms with van der Waals surface area (Å²) in [6, 6.07) is 4.50. The molecule has 2 rings (SSSR count). The predicted octanol–water partition coefficient (Wildman–Crippen LogP) is 1.55. The molecule has 0 unspecified atom stereocenters. The molecule has 2 aromatic rings. The van der Waals surface area contributed by atoms with Crippen LogP contribution < -0.4 is 9.46 Å². The van der Waals surface area contributed by atoms with Crippen LogP contribution >= 0.6 is 0 Å². The molecule has 21 heavy (non-hydrogen) atoms. The SMILES string of the molecule is COc1cccc(O)c1NS(=O)(=O)c1c(C)nn(C)c1C. The number of nitrogens with one attached hydrogen (secondary N) is 1. The Labute approximate surface area is 123 Å². The van der Waals surface area contributed by atoms with Gasteiger partial charge in [0.2, 0.25) is 0 Å². The second-order valence-corrected chi connectivity index (χ2v) is 6.20.